The lowest BCUT2D eigenvalue weighted by Gasteiger charge is -2.28. The number of rotatable bonds is 6. The molecule has 0 aliphatic rings. The van der Waals surface area contributed by atoms with Crippen LogP contribution < -0.4 is 4.74 Å². The van der Waals surface area contributed by atoms with Crippen LogP contribution in [0.15, 0.2) is 18.2 Å². The summed E-state index contributed by atoms with van der Waals surface area (Å²) in [6.45, 7) is 3.80. The number of carboxylic acid groups (broad SMARTS) is 1. The molecule has 0 saturated heterocycles. The molecule has 0 saturated carbocycles. The van der Waals surface area contributed by atoms with Crippen LogP contribution in [0, 0.1) is 5.92 Å². The van der Waals surface area contributed by atoms with Gasteiger partial charge < -0.3 is 14.7 Å². The number of hydrogen-bond donors (Lipinski definition) is 1. The summed E-state index contributed by atoms with van der Waals surface area (Å²) in [6, 6.07) is 5.76. The molecule has 0 bridgehead atoms. The molecule has 1 aromatic rings. The van der Waals surface area contributed by atoms with Crippen LogP contribution >= 0.6 is 0 Å². The highest BCUT2D eigenvalue weighted by Gasteiger charge is 2.27. The number of benzene rings is 1. The molecular weight excluding hydrogens is 242 g/mol. The van der Waals surface area contributed by atoms with Crippen LogP contribution in [-0.2, 0) is 11.2 Å². The maximum Gasteiger partial charge on any atom is 0.308 e. The number of ether oxygens (including phenoxy) is 1. The van der Waals surface area contributed by atoms with Crippen LogP contribution in [-0.4, -0.2) is 37.2 Å². The molecule has 0 aliphatic carbocycles. The van der Waals surface area contributed by atoms with E-state index in [1.54, 1.807) is 14.0 Å². The summed E-state index contributed by atoms with van der Waals surface area (Å²) in [4.78, 5) is 13.2. The van der Waals surface area contributed by atoms with E-state index in [9.17, 15) is 9.90 Å². The van der Waals surface area contributed by atoms with Gasteiger partial charge in [-0.1, -0.05) is 26.0 Å². The summed E-state index contributed by atoms with van der Waals surface area (Å²) in [6.07, 6.45) is 0.860. The molecule has 0 heterocycles. The number of nitrogens with zero attached hydrogens (tertiary/aromatic N) is 1. The Bertz CT molecular complexity index is 443. The normalized spacial score (nSPS) is 14.2. The average molecular weight is 265 g/mol. The molecule has 4 nitrogen and oxygen atoms in total. The predicted octanol–water partition coefficient (Wildman–Crippen LogP) is 2.58. The third-order valence-electron chi connectivity index (χ3n) is 3.45. The van der Waals surface area contributed by atoms with Gasteiger partial charge in [0.1, 0.15) is 5.75 Å². The van der Waals surface area contributed by atoms with Gasteiger partial charge >= 0.3 is 5.97 Å². The topological polar surface area (TPSA) is 49.8 Å². The van der Waals surface area contributed by atoms with Crippen molar-refractivity contribution in [3.05, 3.63) is 29.3 Å². The second-order valence-electron chi connectivity index (χ2n) is 4.96. The van der Waals surface area contributed by atoms with E-state index in [-0.39, 0.29) is 6.04 Å². The molecule has 106 valence electrons. The molecule has 0 fully saturated rings. The lowest BCUT2D eigenvalue weighted by atomic mass is 9.92. The van der Waals surface area contributed by atoms with Gasteiger partial charge in [0.2, 0.25) is 0 Å². The van der Waals surface area contributed by atoms with Gasteiger partial charge in [0, 0.05) is 6.04 Å². The van der Waals surface area contributed by atoms with Crippen molar-refractivity contribution >= 4 is 5.97 Å². The first kappa shape index (κ1) is 15.5. The number of carbonyl (C=O) groups is 1. The molecule has 0 spiro atoms. The van der Waals surface area contributed by atoms with Gasteiger partial charge in [0.05, 0.1) is 13.0 Å². The molecule has 4 heteroatoms. The fourth-order valence-corrected chi connectivity index (χ4v) is 2.43. The molecule has 0 amide bonds. The Morgan fingerprint density at radius 1 is 1.42 bits per heavy atom. The van der Waals surface area contributed by atoms with E-state index in [1.165, 1.54) is 0 Å². The number of hydrogen-bond acceptors (Lipinski definition) is 3. The standard InChI is InChI=1S/C15H23NO3/c1-6-11-9-12(7-8-13(11)19-5)14(16(3)4)10(2)15(17)18/h7-10,14H,6H2,1-5H3,(H,17,18). The minimum atomic E-state index is -0.785. The van der Waals surface area contributed by atoms with Gasteiger partial charge in [-0.3, -0.25) is 4.79 Å². The van der Waals surface area contributed by atoms with E-state index < -0.39 is 11.9 Å². The summed E-state index contributed by atoms with van der Waals surface area (Å²) in [5.74, 6) is -0.396. The van der Waals surface area contributed by atoms with Crippen molar-refractivity contribution in [2.45, 2.75) is 26.3 Å². The molecular formula is C15H23NO3. The van der Waals surface area contributed by atoms with Crippen LogP contribution in [0.2, 0.25) is 0 Å². The minimum Gasteiger partial charge on any atom is -0.496 e. The number of methoxy groups -OCH3 is 1. The number of carboxylic acids is 1. The SMILES string of the molecule is CCc1cc(C(C(C)C(=O)O)N(C)C)ccc1OC. The Balaban J connectivity index is 3.20. The van der Waals surface area contributed by atoms with Gasteiger partial charge in [-0.25, -0.2) is 0 Å². The van der Waals surface area contributed by atoms with Crippen molar-refractivity contribution in [2.75, 3.05) is 21.2 Å². The van der Waals surface area contributed by atoms with E-state index in [1.807, 2.05) is 37.2 Å². The van der Waals surface area contributed by atoms with Gasteiger partial charge in [-0.2, -0.15) is 0 Å². The van der Waals surface area contributed by atoms with E-state index in [4.69, 9.17) is 4.74 Å². The summed E-state index contributed by atoms with van der Waals surface area (Å²) in [5.41, 5.74) is 2.11. The van der Waals surface area contributed by atoms with E-state index in [2.05, 4.69) is 6.92 Å². The molecule has 0 aliphatic heterocycles. The van der Waals surface area contributed by atoms with Crippen molar-refractivity contribution < 1.29 is 14.6 Å². The van der Waals surface area contributed by atoms with Crippen LogP contribution in [0.3, 0.4) is 0 Å². The first-order valence-corrected chi connectivity index (χ1v) is 6.48. The first-order valence-electron chi connectivity index (χ1n) is 6.48. The van der Waals surface area contributed by atoms with E-state index >= 15 is 0 Å². The summed E-state index contributed by atoms with van der Waals surface area (Å²) >= 11 is 0. The van der Waals surface area contributed by atoms with Crippen molar-refractivity contribution in [1.29, 1.82) is 0 Å². The van der Waals surface area contributed by atoms with Gasteiger partial charge in [0.25, 0.3) is 0 Å². The van der Waals surface area contributed by atoms with Crippen molar-refractivity contribution in [3.63, 3.8) is 0 Å². The highest BCUT2D eigenvalue weighted by molar-refractivity contribution is 5.70. The van der Waals surface area contributed by atoms with Crippen molar-refractivity contribution in [1.82, 2.24) is 4.90 Å². The van der Waals surface area contributed by atoms with Crippen LogP contribution in [0.25, 0.3) is 0 Å². The molecule has 0 aromatic heterocycles. The largest absolute Gasteiger partial charge is 0.496 e. The van der Waals surface area contributed by atoms with Gasteiger partial charge in [-0.15, -0.1) is 0 Å². The minimum absolute atomic E-state index is 0.145. The zero-order valence-corrected chi connectivity index (χ0v) is 12.3. The zero-order valence-electron chi connectivity index (χ0n) is 12.3. The second kappa shape index (κ2) is 6.57. The quantitative estimate of drug-likeness (QED) is 0.859. The van der Waals surface area contributed by atoms with E-state index in [0.717, 1.165) is 23.3 Å². The lowest BCUT2D eigenvalue weighted by Crippen LogP contribution is -2.30. The summed E-state index contributed by atoms with van der Waals surface area (Å²) < 4.78 is 5.31. The average Bonchev–Trinajstić information content (AvgIpc) is 2.38. The fraction of sp³-hybridized carbons (Fsp3) is 0.533. The zero-order chi connectivity index (χ0) is 14.6. The summed E-state index contributed by atoms with van der Waals surface area (Å²) in [7, 11) is 5.46. The molecule has 19 heavy (non-hydrogen) atoms. The van der Waals surface area contributed by atoms with Crippen LogP contribution in [0.5, 0.6) is 5.75 Å². The second-order valence-corrected chi connectivity index (χ2v) is 4.96. The van der Waals surface area contributed by atoms with Crippen molar-refractivity contribution in [3.8, 4) is 5.75 Å². The Morgan fingerprint density at radius 2 is 2.05 bits per heavy atom. The predicted molar refractivity (Wildman–Crippen MR) is 75.6 cm³/mol. The van der Waals surface area contributed by atoms with Gasteiger partial charge in [0.15, 0.2) is 0 Å². The molecule has 1 rings (SSSR count). The van der Waals surface area contributed by atoms with Crippen LogP contribution in [0.1, 0.15) is 31.0 Å². The smallest absolute Gasteiger partial charge is 0.308 e. The highest BCUT2D eigenvalue weighted by Crippen LogP contribution is 2.30. The monoisotopic (exact) mass is 265 g/mol. The van der Waals surface area contributed by atoms with Crippen molar-refractivity contribution in [2.24, 2.45) is 5.92 Å². The Labute approximate surface area is 115 Å². The lowest BCUT2D eigenvalue weighted by molar-refractivity contribution is -0.143. The number of aryl methyl sites for hydroxylation is 1. The maximum atomic E-state index is 11.2. The number of aliphatic carboxylic acids is 1. The highest BCUT2D eigenvalue weighted by atomic mass is 16.5. The summed E-state index contributed by atoms with van der Waals surface area (Å²) in [5, 5.41) is 9.24. The Morgan fingerprint density at radius 3 is 2.47 bits per heavy atom. The van der Waals surface area contributed by atoms with Gasteiger partial charge in [-0.05, 0) is 37.7 Å². The third kappa shape index (κ3) is 3.47. The third-order valence-corrected chi connectivity index (χ3v) is 3.45. The fourth-order valence-electron chi connectivity index (χ4n) is 2.43. The molecule has 2 atom stereocenters. The molecule has 2 unspecified atom stereocenters. The maximum absolute atomic E-state index is 11.2. The van der Waals surface area contributed by atoms with Crippen LogP contribution in [0.4, 0.5) is 0 Å². The van der Waals surface area contributed by atoms with E-state index in [0.29, 0.717) is 0 Å². The Hall–Kier alpha value is -1.55. The Kier molecular flexibility index (Phi) is 5.36. The first-order chi connectivity index (χ1) is 8.92. The molecule has 0 radical (unpaired) electrons. The molecule has 1 aromatic carbocycles. The molecule has 1 N–H and O–H groups in total.